The maximum atomic E-state index is 11.8. The molecule has 2 rings (SSSR count). The molecule has 1 aliphatic heterocycles. The number of carboxylic acids is 1. The molecule has 90 valence electrons. The molecule has 1 aromatic rings. The first-order valence-corrected chi connectivity index (χ1v) is 5.26. The van der Waals surface area contributed by atoms with Crippen molar-refractivity contribution < 1.29 is 24.5 Å². The molecule has 0 spiro atoms. The van der Waals surface area contributed by atoms with Gasteiger partial charge in [0.1, 0.15) is 6.10 Å². The van der Waals surface area contributed by atoms with Crippen LogP contribution in [0.4, 0.5) is 0 Å². The third kappa shape index (κ3) is 1.82. The lowest BCUT2D eigenvalue weighted by Gasteiger charge is -2.27. The van der Waals surface area contributed by atoms with Crippen molar-refractivity contribution in [3.8, 4) is 5.75 Å². The summed E-state index contributed by atoms with van der Waals surface area (Å²) in [5, 5.41) is 20.7. The smallest absolute Gasteiger partial charge is 0.338 e. The predicted molar refractivity (Wildman–Crippen MR) is 56.4 cm³/mol. The lowest BCUT2D eigenvalue weighted by atomic mass is 9.95. The Kier molecular flexibility index (Phi) is 2.71. The van der Waals surface area contributed by atoms with E-state index in [4.69, 9.17) is 21.4 Å². The van der Waals surface area contributed by atoms with Gasteiger partial charge in [0.15, 0.2) is 0 Å². The Morgan fingerprint density at radius 3 is 2.88 bits per heavy atom. The Hall–Kier alpha value is -1.75. The molecule has 0 saturated carbocycles. The van der Waals surface area contributed by atoms with E-state index in [-0.39, 0.29) is 16.7 Å². The summed E-state index contributed by atoms with van der Waals surface area (Å²) in [7, 11) is 0. The second kappa shape index (κ2) is 3.92. The number of ether oxygens (including phenoxy) is 1. The highest BCUT2D eigenvalue weighted by atomic mass is 35.5. The van der Waals surface area contributed by atoms with Crippen molar-refractivity contribution in [3.63, 3.8) is 0 Å². The van der Waals surface area contributed by atoms with Crippen molar-refractivity contribution in [2.24, 2.45) is 0 Å². The molecule has 1 aliphatic rings. The molecule has 0 radical (unpaired) electrons. The number of carbonyl (C=O) groups is 2. The number of benzene rings is 1. The van der Waals surface area contributed by atoms with E-state index < -0.39 is 23.3 Å². The average Bonchev–Trinajstić information content (AvgIpc) is 2.21. The number of cyclic esters (lactones) is 1. The van der Waals surface area contributed by atoms with Crippen molar-refractivity contribution in [3.05, 3.63) is 27.8 Å². The SMILES string of the molecule is C[C@@H]1Cc2c(Cl)cc(C(=O)O)c([O-])c2C(=O)O1. The second-order valence-electron chi connectivity index (χ2n) is 3.81. The van der Waals surface area contributed by atoms with Gasteiger partial charge in [0.05, 0.1) is 11.1 Å². The van der Waals surface area contributed by atoms with E-state index in [9.17, 15) is 14.7 Å². The number of halogens is 1. The Bertz CT molecular complexity index is 523. The summed E-state index contributed by atoms with van der Waals surface area (Å²) in [6.07, 6.45) is -0.0581. The van der Waals surface area contributed by atoms with Crippen LogP contribution in [-0.4, -0.2) is 23.1 Å². The monoisotopic (exact) mass is 255 g/mol. The van der Waals surface area contributed by atoms with Gasteiger partial charge < -0.3 is 14.9 Å². The minimum Gasteiger partial charge on any atom is -0.871 e. The van der Waals surface area contributed by atoms with Crippen molar-refractivity contribution >= 4 is 23.5 Å². The Morgan fingerprint density at radius 1 is 1.65 bits per heavy atom. The van der Waals surface area contributed by atoms with Gasteiger partial charge >= 0.3 is 11.9 Å². The molecule has 0 aliphatic carbocycles. The second-order valence-corrected chi connectivity index (χ2v) is 4.22. The summed E-state index contributed by atoms with van der Waals surface area (Å²) in [4.78, 5) is 22.4. The van der Waals surface area contributed by atoms with E-state index in [0.29, 0.717) is 12.0 Å². The van der Waals surface area contributed by atoms with E-state index in [1.165, 1.54) is 0 Å². The number of esters is 1. The zero-order valence-electron chi connectivity index (χ0n) is 8.82. The van der Waals surface area contributed by atoms with Crippen LogP contribution in [0.1, 0.15) is 33.2 Å². The lowest BCUT2D eigenvalue weighted by molar-refractivity contribution is -0.269. The number of rotatable bonds is 1. The fourth-order valence-corrected chi connectivity index (χ4v) is 2.10. The van der Waals surface area contributed by atoms with Gasteiger partial charge in [0.2, 0.25) is 0 Å². The first-order chi connectivity index (χ1) is 7.91. The quantitative estimate of drug-likeness (QED) is 0.762. The average molecular weight is 256 g/mol. The molecule has 6 heteroatoms. The van der Waals surface area contributed by atoms with Crippen LogP contribution in [0.5, 0.6) is 5.75 Å². The van der Waals surface area contributed by atoms with Crippen LogP contribution >= 0.6 is 11.6 Å². The molecule has 5 nitrogen and oxygen atoms in total. The van der Waals surface area contributed by atoms with Gasteiger partial charge in [-0.2, -0.15) is 0 Å². The number of hydrogen-bond donors (Lipinski definition) is 1. The summed E-state index contributed by atoms with van der Waals surface area (Å²) in [6.45, 7) is 1.67. The molecule has 1 N–H and O–H groups in total. The van der Waals surface area contributed by atoms with Crippen LogP contribution in [-0.2, 0) is 11.2 Å². The molecular weight excluding hydrogens is 248 g/mol. The van der Waals surface area contributed by atoms with Crippen LogP contribution in [0.25, 0.3) is 0 Å². The summed E-state index contributed by atoms with van der Waals surface area (Å²) in [6, 6.07) is 1.08. The molecule has 17 heavy (non-hydrogen) atoms. The van der Waals surface area contributed by atoms with Crippen LogP contribution in [0, 0.1) is 0 Å². The maximum absolute atomic E-state index is 11.8. The van der Waals surface area contributed by atoms with E-state index in [1.54, 1.807) is 6.92 Å². The van der Waals surface area contributed by atoms with Gasteiger partial charge in [-0.15, -0.1) is 0 Å². The first kappa shape index (κ1) is 11.7. The number of carboxylic acid groups (broad SMARTS) is 1. The van der Waals surface area contributed by atoms with Crippen LogP contribution in [0.3, 0.4) is 0 Å². The number of aromatic carboxylic acids is 1. The van der Waals surface area contributed by atoms with Gasteiger partial charge in [-0.1, -0.05) is 17.4 Å². The highest BCUT2D eigenvalue weighted by Gasteiger charge is 2.28. The summed E-state index contributed by atoms with van der Waals surface area (Å²) < 4.78 is 4.89. The number of hydrogen-bond acceptors (Lipinski definition) is 4. The van der Waals surface area contributed by atoms with Crippen LogP contribution in [0.15, 0.2) is 6.07 Å². The molecular formula is C11H8ClO5-. The molecule has 1 aromatic carbocycles. The summed E-state index contributed by atoms with van der Waals surface area (Å²) >= 11 is 5.88. The van der Waals surface area contributed by atoms with Gasteiger partial charge in [-0.05, 0) is 18.6 Å². The maximum Gasteiger partial charge on any atom is 0.338 e. The Morgan fingerprint density at radius 2 is 2.29 bits per heavy atom. The summed E-state index contributed by atoms with van der Waals surface area (Å²) in [5.74, 6) is -3.06. The van der Waals surface area contributed by atoms with Gasteiger partial charge in [0, 0.05) is 11.4 Å². The Labute approximate surface area is 102 Å². The van der Waals surface area contributed by atoms with E-state index in [2.05, 4.69) is 0 Å². The number of carbonyl (C=O) groups excluding carboxylic acids is 1. The van der Waals surface area contributed by atoms with Crippen molar-refractivity contribution in [2.45, 2.75) is 19.4 Å². The third-order valence-electron chi connectivity index (χ3n) is 2.57. The first-order valence-electron chi connectivity index (χ1n) is 4.88. The van der Waals surface area contributed by atoms with Crippen LogP contribution in [0.2, 0.25) is 5.02 Å². The predicted octanol–water partition coefficient (Wildman–Crippen LogP) is 1.21. The minimum absolute atomic E-state index is 0.112. The fourth-order valence-electron chi connectivity index (χ4n) is 1.82. The standard InChI is InChI=1S/C11H9ClO5/c1-4-2-5-7(12)3-6(10(14)15)9(13)8(5)11(16)17-4/h3-4,13H,2H2,1H3,(H,14,15)/p-1/t4-/m1/s1. The Balaban J connectivity index is 2.71. The van der Waals surface area contributed by atoms with Crippen molar-refractivity contribution in [2.75, 3.05) is 0 Å². The highest BCUT2D eigenvalue weighted by Crippen LogP contribution is 2.35. The molecule has 0 bridgehead atoms. The fraction of sp³-hybridized carbons (Fsp3) is 0.273. The van der Waals surface area contributed by atoms with Crippen molar-refractivity contribution in [1.29, 1.82) is 0 Å². The summed E-state index contributed by atoms with van der Waals surface area (Å²) in [5.41, 5.74) is -0.404. The number of fused-ring (bicyclic) bond motifs is 1. The minimum atomic E-state index is -1.41. The van der Waals surface area contributed by atoms with Crippen molar-refractivity contribution in [1.82, 2.24) is 0 Å². The largest absolute Gasteiger partial charge is 0.871 e. The van der Waals surface area contributed by atoms with E-state index >= 15 is 0 Å². The molecule has 1 heterocycles. The van der Waals surface area contributed by atoms with Gasteiger partial charge in [0.25, 0.3) is 0 Å². The molecule has 0 aromatic heterocycles. The zero-order valence-corrected chi connectivity index (χ0v) is 9.58. The van der Waals surface area contributed by atoms with Crippen LogP contribution < -0.4 is 5.11 Å². The molecule has 0 saturated heterocycles. The molecule has 0 fully saturated rings. The molecule has 1 atom stereocenters. The highest BCUT2D eigenvalue weighted by molar-refractivity contribution is 6.32. The lowest BCUT2D eigenvalue weighted by Crippen LogP contribution is -2.27. The zero-order chi connectivity index (χ0) is 12.7. The van der Waals surface area contributed by atoms with Gasteiger partial charge in [-0.25, -0.2) is 9.59 Å². The van der Waals surface area contributed by atoms with E-state index in [0.717, 1.165) is 6.07 Å². The normalized spacial score (nSPS) is 18.5. The molecule has 0 amide bonds. The third-order valence-corrected chi connectivity index (χ3v) is 2.90. The van der Waals surface area contributed by atoms with Gasteiger partial charge in [-0.3, -0.25) is 0 Å². The topological polar surface area (TPSA) is 86.7 Å². The van der Waals surface area contributed by atoms with E-state index in [1.807, 2.05) is 0 Å². The molecule has 0 unspecified atom stereocenters.